The van der Waals surface area contributed by atoms with Crippen LogP contribution in [0.5, 0.6) is 0 Å². The topological polar surface area (TPSA) is 42.0 Å². The average molecular weight is 329 g/mol. The first kappa shape index (κ1) is 13.0. The van der Waals surface area contributed by atoms with Gasteiger partial charge in [-0.25, -0.2) is 4.98 Å². The molecule has 100 valence electrons. The second kappa shape index (κ2) is 5.17. The molecule has 4 nitrogen and oxygen atoms in total. The molecule has 3 rings (SSSR count). The van der Waals surface area contributed by atoms with E-state index in [0.29, 0.717) is 0 Å². The van der Waals surface area contributed by atoms with Crippen molar-refractivity contribution in [3.63, 3.8) is 0 Å². The van der Waals surface area contributed by atoms with E-state index in [-0.39, 0.29) is 0 Å². The molecule has 0 saturated heterocycles. The maximum absolute atomic E-state index is 4.48. The van der Waals surface area contributed by atoms with Crippen molar-refractivity contribution in [3.05, 3.63) is 58.3 Å². The van der Waals surface area contributed by atoms with Gasteiger partial charge < -0.3 is 0 Å². The van der Waals surface area contributed by atoms with Gasteiger partial charge >= 0.3 is 0 Å². The third-order valence-electron chi connectivity index (χ3n) is 2.98. The van der Waals surface area contributed by atoms with Crippen molar-refractivity contribution in [2.24, 2.45) is 10.2 Å². The summed E-state index contributed by atoms with van der Waals surface area (Å²) in [5, 5.41) is 8.64. The maximum atomic E-state index is 4.48. The van der Waals surface area contributed by atoms with Crippen LogP contribution in [-0.2, 0) is 0 Å². The molecule has 0 aliphatic rings. The first-order chi connectivity index (χ1) is 9.63. The van der Waals surface area contributed by atoms with Crippen LogP contribution in [0.3, 0.4) is 0 Å². The van der Waals surface area contributed by atoms with Crippen LogP contribution >= 0.6 is 15.9 Å². The lowest BCUT2D eigenvalue weighted by Crippen LogP contribution is -1.84. The summed E-state index contributed by atoms with van der Waals surface area (Å²) in [6.07, 6.45) is 2.02. The van der Waals surface area contributed by atoms with Crippen molar-refractivity contribution in [2.45, 2.75) is 13.8 Å². The minimum Gasteiger partial charge on any atom is -0.283 e. The largest absolute Gasteiger partial charge is 0.283 e. The molecular weight excluding hydrogens is 316 g/mol. The lowest BCUT2D eigenvalue weighted by molar-refractivity contribution is 1.08. The minimum absolute atomic E-state index is 0.767. The zero-order valence-electron chi connectivity index (χ0n) is 11.2. The van der Waals surface area contributed by atoms with Crippen LogP contribution in [0.15, 0.2) is 57.3 Å². The smallest absolute Gasteiger partial charge is 0.182 e. The molecule has 0 aliphatic heterocycles. The van der Waals surface area contributed by atoms with Crippen molar-refractivity contribution in [3.8, 4) is 0 Å². The molecular formula is C15H13BrN4. The molecule has 2 heterocycles. The van der Waals surface area contributed by atoms with E-state index in [2.05, 4.69) is 31.1 Å². The van der Waals surface area contributed by atoms with Crippen molar-refractivity contribution < 1.29 is 0 Å². The van der Waals surface area contributed by atoms with Crippen molar-refractivity contribution in [1.82, 2.24) is 9.38 Å². The second-order valence-electron chi connectivity index (χ2n) is 4.64. The van der Waals surface area contributed by atoms with Crippen molar-refractivity contribution in [1.29, 1.82) is 0 Å². The summed E-state index contributed by atoms with van der Waals surface area (Å²) in [4.78, 5) is 4.48. The number of aryl methyl sites for hydroxylation is 2. The highest BCUT2D eigenvalue weighted by molar-refractivity contribution is 9.10. The maximum Gasteiger partial charge on any atom is 0.182 e. The molecule has 0 aliphatic carbocycles. The number of imidazole rings is 1. The quantitative estimate of drug-likeness (QED) is 0.601. The fraction of sp³-hybridized carbons (Fsp3) is 0.133. The Hall–Kier alpha value is -2.01. The van der Waals surface area contributed by atoms with Crippen LogP contribution in [0.4, 0.5) is 11.5 Å². The number of benzene rings is 1. The second-order valence-corrected chi connectivity index (χ2v) is 5.55. The third-order valence-corrected chi connectivity index (χ3v) is 3.47. The van der Waals surface area contributed by atoms with Gasteiger partial charge in [0, 0.05) is 10.7 Å². The molecule has 0 unspecified atom stereocenters. The zero-order chi connectivity index (χ0) is 14.1. The van der Waals surface area contributed by atoms with E-state index in [1.54, 1.807) is 0 Å². The summed E-state index contributed by atoms with van der Waals surface area (Å²) in [6.45, 7) is 3.99. The van der Waals surface area contributed by atoms with Gasteiger partial charge in [-0.1, -0.05) is 28.1 Å². The van der Waals surface area contributed by atoms with Gasteiger partial charge in [0.2, 0.25) is 0 Å². The number of hydrogen-bond acceptors (Lipinski definition) is 3. The number of aromatic nitrogens is 2. The Morgan fingerprint density at radius 2 is 1.95 bits per heavy atom. The van der Waals surface area contributed by atoms with E-state index in [9.17, 15) is 0 Å². The molecule has 5 heteroatoms. The monoisotopic (exact) mass is 328 g/mol. The summed E-state index contributed by atoms with van der Waals surface area (Å²) in [7, 11) is 0. The third kappa shape index (κ3) is 2.49. The number of halogens is 1. The Morgan fingerprint density at radius 1 is 1.10 bits per heavy atom. The van der Waals surface area contributed by atoms with Gasteiger partial charge in [0.15, 0.2) is 5.82 Å². The fourth-order valence-electron chi connectivity index (χ4n) is 2.02. The summed E-state index contributed by atoms with van der Waals surface area (Å²) in [6, 6.07) is 11.8. The van der Waals surface area contributed by atoms with E-state index >= 15 is 0 Å². The Labute approximate surface area is 125 Å². The average Bonchev–Trinajstić information content (AvgIpc) is 2.72. The van der Waals surface area contributed by atoms with E-state index in [0.717, 1.165) is 32.9 Å². The standard InChI is InChI=1S/C15H13BrN4/c1-10-6-7-14-17-11(2)15(20(14)9-10)19-18-13-5-3-4-12(16)8-13/h3-9H,1-2H3. The molecule has 0 atom stereocenters. The molecule has 20 heavy (non-hydrogen) atoms. The number of azo groups is 1. The fourth-order valence-corrected chi connectivity index (χ4v) is 2.41. The van der Waals surface area contributed by atoms with Gasteiger partial charge in [0.1, 0.15) is 5.65 Å². The van der Waals surface area contributed by atoms with Crippen LogP contribution < -0.4 is 0 Å². The number of rotatable bonds is 2. The molecule has 1 aromatic carbocycles. The van der Waals surface area contributed by atoms with Gasteiger partial charge in [-0.3, -0.25) is 4.40 Å². The van der Waals surface area contributed by atoms with E-state index in [1.807, 2.05) is 60.8 Å². The molecule has 2 aromatic heterocycles. The number of pyridine rings is 1. The summed E-state index contributed by atoms with van der Waals surface area (Å²) < 4.78 is 2.95. The zero-order valence-corrected chi connectivity index (χ0v) is 12.8. The molecule has 0 amide bonds. The van der Waals surface area contributed by atoms with Gasteiger partial charge in [0.05, 0.1) is 11.4 Å². The highest BCUT2D eigenvalue weighted by Gasteiger charge is 2.07. The van der Waals surface area contributed by atoms with Crippen LogP contribution in [0.1, 0.15) is 11.3 Å². The van der Waals surface area contributed by atoms with Crippen LogP contribution in [-0.4, -0.2) is 9.38 Å². The Morgan fingerprint density at radius 3 is 2.75 bits per heavy atom. The molecule has 3 aromatic rings. The predicted octanol–water partition coefficient (Wildman–Crippen LogP) is 5.13. The molecule has 0 N–H and O–H groups in total. The van der Waals surface area contributed by atoms with Crippen molar-refractivity contribution in [2.75, 3.05) is 0 Å². The molecule has 0 radical (unpaired) electrons. The van der Waals surface area contributed by atoms with Crippen LogP contribution in [0, 0.1) is 13.8 Å². The van der Waals surface area contributed by atoms with Gasteiger partial charge in [-0.05, 0) is 43.7 Å². The highest BCUT2D eigenvalue weighted by Crippen LogP contribution is 2.25. The van der Waals surface area contributed by atoms with E-state index in [1.165, 1.54) is 0 Å². The first-order valence-corrected chi connectivity index (χ1v) is 7.05. The Balaban J connectivity index is 2.06. The first-order valence-electron chi connectivity index (χ1n) is 6.26. The van der Waals surface area contributed by atoms with E-state index < -0.39 is 0 Å². The summed E-state index contributed by atoms with van der Waals surface area (Å²) >= 11 is 3.43. The Kier molecular flexibility index (Phi) is 3.36. The van der Waals surface area contributed by atoms with Crippen LogP contribution in [0.25, 0.3) is 5.65 Å². The Bertz CT molecular complexity index is 805. The molecule has 0 spiro atoms. The van der Waals surface area contributed by atoms with E-state index in [4.69, 9.17) is 0 Å². The van der Waals surface area contributed by atoms with Gasteiger partial charge in [0.25, 0.3) is 0 Å². The number of fused-ring (bicyclic) bond motifs is 1. The lowest BCUT2D eigenvalue weighted by atomic mass is 10.3. The molecule has 0 saturated carbocycles. The minimum atomic E-state index is 0.767. The number of hydrogen-bond donors (Lipinski definition) is 0. The van der Waals surface area contributed by atoms with Crippen LogP contribution in [0.2, 0.25) is 0 Å². The SMILES string of the molecule is Cc1ccc2nc(C)c(N=Nc3cccc(Br)c3)n2c1. The normalized spacial score (nSPS) is 11.6. The molecule has 0 fully saturated rings. The van der Waals surface area contributed by atoms with Gasteiger partial charge in [-0.15, -0.1) is 10.2 Å². The highest BCUT2D eigenvalue weighted by atomic mass is 79.9. The lowest BCUT2D eigenvalue weighted by Gasteiger charge is -1.98. The van der Waals surface area contributed by atoms with Crippen molar-refractivity contribution >= 4 is 33.1 Å². The summed E-state index contributed by atoms with van der Waals surface area (Å²) in [5.41, 5.74) is 3.72. The predicted molar refractivity (Wildman–Crippen MR) is 83.0 cm³/mol. The summed E-state index contributed by atoms with van der Waals surface area (Å²) in [5.74, 6) is 0.767. The number of nitrogens with zero attached hydrogens (tertiary/aromatic N) is 4. The van der Waals surface area contributed by atoms with Gasteiger partial charge in [-0.2, -0.15) is 0 Å². The molecule has 0 bridgehead atoms.